The van der Waals surface area contributed by atoms with Gasteiger partial charge in [-0.3, -0.25) is 10.1 Å². The third-order valence-electron chi connectivity index (χ3n) is 3.85. The number of aryl methyl sites for hydroxylation is 2. The molecule has 0 amide bonds. The SMILES string of the molecule is COc1ccc(S(N)(=O)=O)c(-c2cc(C)c(S(=O)(=O)C[N+](=O)[O-])c(C)c2)c1. The molecule has 0 saturated carbocycles. The molecule has 0 atom stereocenters. The topological polar surface area (TPSA) is 147 Å². The predicted octanol–water partition coefficient (Wildman–Crippen LogP) is 1.63. The fourth-order valence-corrected chi connectivity index (χ4v) is 5.16. The largest absolute Gasteiger partial charge is 0.497 e. The Morgan fingerprint density at radius 3 is 2.07 bits per heavy atom. The number of nitrogens with two attached hydrogens (primary N) is 1. The zero-order valence-corrected chi connectivity index (χ0v) is 16.4. The van der Waals surface area contributed by atoms with Crippen LogP contribution >= 0.6 is 0 Å². The Hall–Kier alpha value is -2.50. The van der Waals surface area contributed by atoms with Gasteiger partial charge in [0.05, 0.1) is 16.9 Å². The molecule has 0 aliphatic rings. The van der Waals surface area contributed by atoms with E-state index in [9.17, 15) is 26.9 Å². The lowest BCUT2D eigenvalue weighted by Gasteiger charge is -2.14. The number of hydrogen-bond acceptors (Lipinski definition) is 7. The van der Waals surface area contributed by atoms with Gasteiger partial charge in [-0.25, -0.2) is 22.0 Å². The lowest BCUT2D eigenvalue weighted by atomic mass is 10.0. The summed E-state index contributed by atoms with van der Waals surface area (Å²) in [5, 5.41) is 15.9. The van der Waals surface area contributed by atoms with Crippen molar-refractivity contribution in [3.8, 4) is 16.9 Å². The van der Waals surface area contributed by atoms with E-state index < -0.39 is 30.7 Å². The van der Waals surface area contributed by atoms with E-state index in [4.69, 9.17) is 9.88 Å². The van der Waals surface area contributed by atoms with Gasteiger partial charge in [0.2, 0.25) is 19.9 Å². The molecule has 2 aromatic carbocycles. The Morgan fingerprint density at radius 1 is 1.07 bits per heavy atom. The highest BCUT2D eigenvalue weighted by atomic mass is 32.2. The van der Waals surface area contributed by atoms with Crippen LogP contribution in [-0.2, 0) is 19.9 Å². The van der Waals surface area contributed by atoms with Crippen LogP contribution in [0.4, 0.5) is 0 Å². The van der Waals surface area contributed by atoms with Crippen molar-refractivity contribution in [3.63, 3.8) is 0 Å². The molecule has 0 spiro atoms. The first-order valence-electron chi connectivity index (χ1n) is 7.54. The highest BCUT2D eigenvalue weighted by molar-refractivity contribution is 7.91. The maximum absolute atomic E-state index is 12.3. The summed E-state index contributed by atoms with van der Waals surface area (Å²) >= 11 is 0. The molecule has 0 fully saturated rings. The summed E-state index contributed by atoms with van der Waals surface area (Å²) in [6, 6.07) is 7.11. The average molecular weight is 414 g/mol. The molecule has 0 bridgehead atoms. The molecule has 0 heterocycles. The summed E-state index contributed by atoms with van der Waals surface area (Å²) in [4.78, 5) is 9.44. The first-order valence-corrected chi connectivity index (χ1v) is 10.7. The van der Waals surface area contributed by atoms with E-state index in [2.05, 4.69) is 0 Å². The van der Waals surface area contributed by atoms with Crippen LogP contribution in [0.2, 0.25) is 0 Å². The Kier molecular flexibility index (Phi) is 5.59. The van der Waals surface area contributed by atoms with E-state index in [0.717, 1.165) is 0 Å². The number of benzene rings is 2. The van der Waals surface area contributed by atoms with Crippen LogP contribution in [0.15, 0.2) is 40.1 Å². The van der Waals surface area contributed by atoms with Crippen LogP contribution in [0.1, 0.15) is 11.1 Å². The maximum atomic E-state index is 12.3. The van der Waals surface area contributed by atoms with Gasteiger partial charge in [0.1, 0.15) is 5.75 Å². The molecule has 27 heavy (non-hydrogen) atoms. The highest BCUT2D eigenvalue weighted by Crippen LogP contribution is 2.34. The predicted molar refractivity (Wildman–Crippen MR) is 98.3 cm³/mol. The lowest BCUT2D eigenvalue weighted by Crippen LogP contribution is -2.17. The number of methoxy groups -OCH3 is 1. The molecular formula is C16H18N2O7S2. The molecule has 2 aromatic rings. The molecule has 0 aliphatic heterocycles. The molecule has 0 saturated heterocycles. The molecule has 146 valence electrons. The van der Waals surface area contributed by atoms with Crippen molar-refractivity contribution in [3.05, 3.63) is 51.6 Å². The van der Waals surface area contributed by atoms with Gasteiger partial charge in [-0.1, -0.05) is 12.1 Å². The van der Waals surface area contributed by atoms with Crippen LogP contribution in [0, 0.1) is 24.0 Å². The third kappa shape index (κ3) is 4.43. The minimum atomic E-state index is -4.14. The van der Waals surface area contributed by atoms with E-state index in [0.29, 0.717) is 11.3 Å². The van der Waals surface area contributed by atoms with Crippen molar-refractivity contribution in [1.29, 1.82) is 0 Å². The van der Waals surface area contributed by atoms with E-state index in [1.165, 1.54) is 51.3 Å². The van der Waals surface area contributed by atoms with Crippen LogP contribution in [-0.4, -0.2) is 34.7 Å². The first-order chi connectivity index (χ1) is 12.4. The van der Waals surface area contributed by atoms with Gasteiger partial charge in [-0.05, 0) is 48.7 Å². The average Bonchev–Trinajstić information content (AvgIpc) is 2.51. The monoisotopic (exact) mass is 414 g/mol. The van der Waals surface area contributed by atoms with Crippen molar-refractivity contribution in [1.82, 2.24) is 0 Å². The number of primary sulfonamides is 1. The second-order valence-corrected chi connectivity index (χ2v) is 9.35. The van der Waals surface area contributed by atoms with Gasteiger partial charge in [-0.2, -0.15) is 0 Å². The van der Waals surface area contributed by atoms with Crippen molar-refractivity contribution < 1.29 is 26.5 Å². The Morgan fingerprint density at radius 2 is 1.63 bits per heavy atom. The molecule has 0 aliphatic carbocycles. The van der Waals surface area contributed by atoms with Gasteiger partial charge >= 0.3 is 5.88 Å². The molecule has 0 unspecified atom stereocenters. The summed E-state index contributed by atoms with van der Waals surface area (Å²) in [5.41, 5.74) is 1.15. The number of nitro groups is 1. The number of ether oxygens (including phenoxy) is 1. The standard InChI is InChI=1S/C16H18N2O7S2/c1-10-6-12(7-11(2)16(10)26(21,22)9-18(19)20)14-8-13(25-3)4-5-15(14)27(17,23)24/h4-8H,9H2,1-3H3,(H2,17,23,24). The summed E-state index contributed by atoms with van der Waals surface area (Å²) in [7, 11) is -6.77. The molecule has 11 heteroatoms. The Bertz CT molecular complexity index is 1100. The first kappa shape index (κ1) is 20.8. The van der Waals surface area contributed by atoms with Gasteiger partial charge < -0.3 is 4.74 Å². The number of nitrogens with zero attached hydrogens (tertiary/aromatic N) is 1. The van der Waals surface area contributed by atoms with Gasteiger partial charge in [-0.15, -0.1) is 0 Å². The van der Waals surface area contributed by atoms with Crippen molar-refractivity contribution in [2.75, 3.05) is 13.0 Å². The van der Waals surface area contributed by atoms with E-state index >= 15 is 0 Å². The van der Waals surface area contributed by atoms with Crippen LogP contribution in [0.3, 0.4) is 0 Å². The fraction of sp³-hybridized carbons (Fsp3) is 0.250. The lowest BCUT2D eigenvalue weighted by molar-refractivity contribution is -0.458. The second kappa shape index (κ2) is 7.25. The van der Waals surface area contributed by atoms with E-state index in [1.54, 1.807) is 0 Å². The molecule has 2 rings (SSSR count). The second-order valence-electron chi connectivity index (χ2n) is 5.92. The van der Waals surface area contributed by atoms with Gasteiger partial charge in [0, 0.05) is 10.5 Å². The zero-order valence-electron chi connectivity index (χ0n) is 14.8. The summed E-state index contributed by atoms with van der Waals surface area (Å²) in [6.07, 6.45) is 0. The van der Waals surface area contributed by atoms with Crippen LogP contribution in [0.5, 0.6) is 5.75 Å². The quantitative estimate of drug-likeness (QED) is 0.558. The number of hydrogen-bond donors (Lipinski definition) is 1. The van der Waals surface area contributed by atoms with Crippen LogP contribution in [0.25, 0.3) is 11.1 Å². The van der Waals surface area contributed by atoms with Crippen molar-refractivity contribution >= 4 is 19.9 Å². The summed E-state index contributed by atoms with van der Waals surface area (Å²) in [6.45, 7) is 2.97. The maximum Gasteiger partial charge on any atom is 0.305 e. The number of sulfone groups is 1. The highest BCUT2D eigenvalue weighted by Gasteiger charge is 2.26. The van der Waals surface area contributed by atoms with E-state index in [-0.39, 0.29) is 26.5 Å². The normalized spacial score (nSPS) is 12.0. The molecule has 9 nitrogen and oxygen atoms in total. The molecule has 0 aromatic heterocycles. The summed E-state index contributed by atoms with van der Waals surface area (Å²) < 4.78 is 53.5. The minimum Gasteiger partial charge on any atom is -0.497 e. The van der Waals surface area contributed by atoms with Gasteiger partial charge in [0.15, 0.2) is 0 Å². The van der Waals surface area contributed by atoms with Crippen molar-refractivity contribution in [2.24, 2.45) is 5.14 Å². The van der Waals surface area contributed by atoms with E-state index in [1.807, 2.05) is 0 Å². The Balaban J connectivity index is 2.75. The Labute approximate surface area is 156 Å². The summed E-state index contributed by atoms with van der Waals surface area (Å²) in [5.74, 6) is -0.840. The fourth-order valence-electron chi connectivity index (χ4n) is 2.91. The zero-order chi connectivity index (χ0) is 20.6. The molecule has 0 radical (unpaired) electrons. The van der Waals surface area contributed by atoms with Gasteiger partial charge in [0.25, 0.3) is 0 Å². The minimum absolute atomic E-state index is 0.150. The number of sulfonamides is 1. The molecular weight excluding hydrogens is 396 g/mol. The van der Waals surface area contributed by atoms with Crippen molar-refractivity contribution in [2.45, 2.75) is 23.6 Å². The molecule has 2 N–H and O–H groups in total. The smallest absolute Gasteiger partial charge is 0.305 e. The number of rotatable bonds is 6. The van der Waals surface area contributed by atoms with Crippen LogP contribution < -0.4 is 9.88 Å². The third-order valence-corrected chi connectivity index (χ3v) is 6.64.